The number of aryl methyl sites for hydroxylation is 1. The number of ether oxygens (including phenoxy) is 2. The van der Waals surface area contributed by atoms with E-state index in [-0.39, 0.29) is 6.61 Å². The molecule has 0 bridgehead atoms. The Kier molecular flexibility index (Phi) is 11.6. The molecule has 0 radical (unpaired) electrons. The number of allylic oxidation sites excluding steroid dienone is 2. The number of methoxy groups -OCH3 is 2. The molecule has 1 unspecified atom stereocenters. The molecule has 0 aliphatic carbocycles. The van der Waals surface area contributed by atoms with Crippen LogP contribution in [0, 0.1) is 12.8 Å². The van der Waals surface area contributed by atoms with Crippen LogP contribution in [0.15, 0.2) is 91.0 Å². The maximum atomic E-state index is 9.59. The summed E-state index contributed by atoms with van der Waals surface area (Å²) in [4.78, 5) is 11.5. The maximum Gasteiger partial charge on any atom is 0.161 e. The predicted molar refractivity (Wildman–Crippen MR) is 185 cm³/mol. The molecule has 1 atom stereocenters. The second-order valence-electron chi connectivity index (χ2n) is 11.2. The van der Waals surface area contributed by atoms with Gasteiger partial charge in [-0.1, -0.05) is 55.3 Å². The van der Waals surface area contributed by atoms with Crippen LogP contribution in [0.25, 0.3) is 28.1 Å². The molecule has 0 amide bonds. The van der Waals surface area contributed by atoms with E-state index in [4.69, 9.17) is 20.2 Å². The van der Waals surface area contributed by atoms with Crippen LogP contribution in [0.3, 0.4) is 0 Å². The molecule has 0 saturated carbocycles. The molecule has 4 rings (SSSR count). The summed E-state index contributed by atoms with van der Waals surface area (Å²) in [5.41, 5.74) is 14.8. The lowest BCUT2D eigenvalue weighted by Gasteiger charge is -2.24. The fourth-order valence-corrected chi connectivity index (χ4v) is 5.15. The van der Waals surface area contributed by atoms with Crippen LogP contribution in [0.2, 0.25) is 0 Å². The van der Waals surface area contributed by atoms with Gasteiger partial charge in [-0.05, 0) is 74.6 Å². The topological polar surface area (TPSA) is 106 Å². The van der Waals surface area contributed by atoms with Gasteiger partial charge < -0.3 is 30.5 Å². The van der Waals surface area contributed by atoms with E-state index in [0.717, 1.165) is 41.9 Å². The zero-order valence-electron chi connectivity index (χ0n) is 27.2. The van der Waals surface area contributed by atoms with Crippen molar-refractivity contribution in [2.75, 3.05) is 38.4 Å². The van der Waals surface area contributed by atoms with Gasteiger partial charge in [0.1, 0.15) is 11.5 Å². The number of hydrogen-bond acceptors (Lipinski definition) is 8. The molecule has 0 aliphatic rings. The maximum absolute atomic E-state index is 9.59. The van der Waals surface area contributed by atoms with Gasteiger partial charge in [0.2, 0.25) is 0 Å². The highest BCUT2D eigenvalue weighted by atomic mass is 16.5. The molecular weight excluding hydrogens is 562 g/mol. The molecule has 1 aromatic heterocycles. The van der Waals surface area contributed by atoms with Crippen LogP contribution < -0.4 is 20.5 Å². The number of nitrogens with two attached hydrogens (primary N) is 1. The summed E-state index contributed by atoms with van der Waals surface area (Å²) in [6.45, 7) is 9.46. The third-order valence-corrected chi connectivity index (χ3v) is 7.79. The number of aromatic nitrogens is 2. The zero-order valence-corrected chi connectivity index (χ0v) is 27.2. The smallest absolute Gasteiger partial charge is 0.161 e. The Bertz CT molecular complexity index is 1610. The van der Waals surface area contributed by atoms with Crippen molar-refractivity contribution < 1.29 is 14.6 Å². The quantitative estimate of drug-likeness (QED) is 0.134. The van der Waals surface area contributed by atoms with Crippen molar-refractivity contribution in [3.63, 3.8) is 0 Å². The van der Waals surface area contributed by atoms with E-state index in [2.05, 4.69) is 79.6 Å². The highest BCUT2D eigenvalue weighted by Crippen LogP contribution is 2.33. The van der Waals surface area contributed by atoms with Crippen LogP contribution in [0.1, 0.15) is 44.7 Å². The molecule has 3 aromatic carbocycles. The lowest BCUT2D eigenvalue weighted by molar-refractivity contribution is 0.238. The highest BCUT2D eigenvalue weighted by molar-refractivity contribution is 5.75. The molecule has 4 N–H and O–H groups in total. The standard InChI is InChI=1S/C37H45N5O3/c1-7-28(18-19-43)24-42(22-26(3)29-10-8-25(2)9-11-29)23-27(4)40-32-15-12-30(13-16-32)36-37(38)39-21-33(41-36)31-14-17-34(44-5)35(20-31)45-6/h8-17,20-23,28,40,43H,7,18-19,24H2,1-6H3,(H2,38,39)/b26-22+,27-23+. The van der Waals surface area contributed by atoms with Gasteiger partial charge in [-0.3, -0.25) is 0 Å². The van der Waals surface area contributed by atoms with E-state index in [1.807, 2.05) is 42.5 Å². The number of rotatable bonds is 14. The van der Waals surface area contributed by atoms with E-state index in [1.54, 1.807) is 20.4 Å². The van der Waals surface area contributed by atoms with Crippen LogP contribution in [-0.2, 0) is 0 Å². The molecule has 45 heavy (non-hydrogen) atoms. The molecular formula is C37H45N5O3. The molecule has 8 nitrogen and oxygen atoms in total. The Hall–Kier alpha value is -4.82. The van der Waals surface area contributed by atoms with Gasteiger partial charge in [0.05, 0.1) is 26.1 Å². The largest absolute Gasteiger partial charge is 0.493 e. The Morgan fingerprint density at radius 2 is 1.64 bits per heavy atom. The molecule has 236 valence electrons. The Morgan fingerprint density at radius 1 is 0.956 bits per heavy atom. The fourth-order valence-electron chi connectivity index (χ4n) is 5.15. The van der Waals surface area contributed by atoms with Gasteiger partial charge in [-0.2, -0.15) is 0 Å². The third-order valence-electron chi connectivity index (χ3n) is 7.79. The first-order valence-electron chi connectivity index (χ1n) is 15.3. The number of nitrogens with zero attached hydrogens (tertiary/aromatic N) is 3. The fraction of sp³-hybridized carbons (Fsp3) is 0.297. The molecule has 0 fully saturated rings. The van der Waals surface area contributed by atoms with Gasteiger partial charge in [0, 0.05) is 48.1 Å². The lowest BCUT2D eigenvalue weighted by Crippen LogP contribution is -2.22. The summed E-state index contributed by atoms with van der Waals surface area (Å²) < 4.78 is 10.8. The minimum Gasteiger partial charge on any atom is -0.493 e. The Morgan fingerprint density at radius 3 is 2.29 bits per heavy atom. The summed E-state index contributed by atoms with van der Waals surface area (Å²) in [6, 6.07) is 22.2. The molecule has 0 saturated heterocycles. The van der Waals surface area contributed by atoms with Crippen molar-refractivity contribution >= 4 is 17.1 Å². The second kappa shape index (κ2) is 15.8. The SMILES string of the molecule is CCC(CCO)CN(/C=C(\C)Nc1ccc(-c2nc(-c3ccc(OC)c(OC)c3)cnc2N)cc1)/C=C(\C)c1ccc(C)cc1. The van der Waals surface area contributed by atoms with E-state index in [9.17, 15) is 5.11 Å². The van der Waals surface area contributed by atoms with Gasteiger partial charge in [-0.15, -0.1) is 0 Å². The van der Waals surface area contributed by atoms with E-state index < -0.39 is 0 Å². The minimum atomic E-state index is 0.187. The van der Waals surface area contributed by atoms with Crippen molar-refractivity contribution in [3.05, 3.63) is 102 Å². The zero-order chi connectivity index (χ0) is 32.3. The van der Waals surface area contributed by atoms with E-state index >= 15 is 0 Å². The molecule has 4 aromatic rings. The van der Waals surface area contributed by atoms with Crippen molar-refractivity contribution in [1.29, 1.82) is 0 Å². The number of anilines is 2. The molecule has 0 aliphatic heterocycles. The van der Waals surface area contributed by atoms with Gasteiger partial charge >= 0.3 is 0 Å². The lowest BCUT2D eigenvalue weighted by atomic mass is 10.0. The molecule has 8 heteroatoms. The van der Waals surface area contributed by atoms with Crippen LogP contribution in [-0.4, -0.2) is 47.3 Å². The number of nitrogens with one attached hydrogen (secondary N) is 1. The summed E-state index contributed by atoms with van der Waals surface area (Å²) >= 11 is 0. The van der Waals surface area contributed by atoms with Gasteiger partial charge in [-0.25, -0.2) is 9.97 Å². The molecule has 0 spiro atoms. The summed E-state index contributed by atoms with van der Waals surface area (Å²) in [6.07, 6.45) is 7.74. The number of aliphatic hydroxyl groups is 1. The van der Waals surface area contributed by atoms with Crippen molar-refractivity contribution in [2.24, 2.45) is 5.92 Å². The van der Waals surface area contributed by atoms with Crippen LogP contribution >= 0.6 is 0 Å². The highest BCUT2D eigenvalue weighted by Gasteiger charge is 2.13. The van der Waals surface area contributed by atoms with E-state index in [1.165, 1.54) is 16.7 Å². The third kappa shape index (κ3) is 8.86. The van der Waals surface area contributed by atoms with Crippen molar-refractivity contribution in [1.82, 2.24) is 14.9 Å². The number of nitrogen functional groups attached to an aromatic ring is 1. The van der Waals surface area contributed by atoms with E-state index in [0.29, 0.717) is 34.6 Å². The van der Waals surface area contributed by atoms with Crippen LogP contribution in [0.5, 0.6) is 11.5 Å². The first-order valence-corrected chi connectivity index (χ1v) is 15.3. The molecule has 1 heterocycles. The average Bonchev–Trinajstić information content (AvgIpc) is 3.05. The summed E-state index contributed by atoms with van der Waals surface area (Å²) in [5, 5.41) is 13.1. The number of hydrogen-bond donors (Lipinski definition) is 3. The number of aliphatic hydroxyl groups excluding tert-OH is 1. The number of benzene rings is 3. The average molecular weight is 608 g/mol. The van der Waals surface area contributed by atoms with Crippen LogP contribution in [0.4, 0.5) is 11.5 Å². The summed E-state index contributed by atoms with van der Waals surface area (Å²) in [7, 11) is 3.21. The predicted octanol–water partition coefficient (Wildman–Crippen LogP) is 7.76. The first kappa shape index (κ1) is 33.1. The summed E-state index contributed by atoms with van der Waals surface area (Å²) in [5.74, 6) is 2.00. The van der Waals surface area contributed by atoms with Crippen molar-refractivity contribution in [2.45, 2.75) is 40.5 Å². The first-order chi connectivity index (χ1) is 21.7. The normalized spacial score (nSPS) is 12.5. The minimum absolute atomic E-state index is 0.187. The van der Waals surface area contributed by atoms with Crippen molar-refractivity contribution in [3.8, 4) is 34.0 Å². The Balaban J connectivity index is 1.55. The van der Waals surface area contributed by atoms with Gasteiger partial charge in [0.15, 0.2) is 11.5 Å². The van der Waals surface area contributed by atoms with Gasteiger partial charge in [0.25, 0.3) is 0 Å². The second-order valence-corrected chi connectivity index (χ2v) is 11.2. The Labute approximate surface area is 267 Å². The monoisotopic (exact) mass is 607 g/mol.